The molecule has 1 saturated carbocycles. The number of aromatic nitrogens is 1. The van der Waals surface area contributed by atoms with Gasteiger partial charge in [0.2, 0.25) is 5.88 Å². The van der Waals surface area contributed by atoms with Gasteiger partial charge in [0, 0.05) is 57.1 Å². The lowest BCUT2D eigenvalue weighted by Gasteiger charge is -2.48. The van der Waals surface area contributed by atoms with Gasteiger partial charge in [0.05, 0.1) is 31.2 Å². The first-order valence-corrected chi connectivity index (χ1v) is 13.8. The van der Waals surface area contributed by atoms with Crippen molar-refractivity contribution >= 4 is 11.4 Å². The Kier molecular flexibility index (Phi) is 6.94. The van der Waals surface area contributed by atoms with Crippen molar-refractivity contribution in [3.8, 4) is 11.6 Å². The minimum atomic E-state index is -0.0699. The third-order valence-corrected chi connectivity index (χ3v) is 8.80. The number of hydrogen-bond donors (Lipinski definition) is 0. The predicted molar refractivity (Wildman–Crippen MR) is 142 cm³/mol. The van der Waals surface area contributed by atoms with E-state index in [2.05, 4.69) is 43.9 Å². The molecule has 0 bridgehead atoms. The summed E-state index contributed by atoms with van der Waals surface area (Å²) in [6, 6.07) is 13.5. The van der Waals surface area contributed by atoms with E-state index < -0.39 is 0 Å². The summed E-state index contributed by atoms with van der Waals surface area (Å²) in [7, 11) is 1.71. The number of anilines is 2. The molecule has 0 N–H and O–H groups in total. The minimum Gasteiger partial charge on any atom is -0.497 e. The van der Waals surface area contributed by atoms with Crippen molar-refractivity contribution in [2.24, 2.45) is 0 Å². The van der Waals surface area contributed by atoms with E-state index >= 15 is 0 Å². The Hall–Kier alpha value is -2.51. The lowest BCUT2D eigenvalue weighted by Crippen LogP contribution is -2.57. The molecule has 7 nitrogen and oxygen atoms in total. The molecule has 0 radical (unpaired) electrons. The van der Waals surface area contributed by atoms with Gasteiger partial charge in [-0.1, -0.05) is 6.42 Å². The quantitative estimate of drug-likeness (QED) is 0.594. The molecular formula is C29H40N4O3. The van der Waals surface area contributed by atoms with Crippen LogP contribution in [0.3, 0.4) is 0 Å². The van der Waals surface area contributed by atoms with Crippen molar-refractivity contribution in [3.05, 3.63) is 42.6 Å². The highest BCUT2D eigenvalue weighted by Crippen LogP contribution is 2.35. The molecule has 2 aromatic rings. The van der Waals surface area contributed by atoms with Gasteiger partial charge in [-0.2, -0.15) is 0 Å². The van der Waals surface area contributed by atoms with Crippen LogP contribution in [0.15, 0.2) is 42.6 Å². The highest BCUT2D eigenvalue weighted by Gasteiger charge is 2.40. The first kappa shape index (κ1) is 23.9. The summed E-state index contributed by atoms with van der Waals surface area (Å²) in [4.78, 5) is 12.2. The van der Waals surface area contributed by atoms with E-state index in [9.17, 15) is 0 Å². The molecule has 1 spiro atoms. The van der Waals surface area contributed by atoms with Crippen LogP contribution >= 0.6 is 0 Å². The van der Waals surface area contributed by atoms with Crippen molar-refractivity contribution in [2.75, 3.05) is 62.8 Å². The van der Waals surface area contributed by atoms with E-state index in [1.165, 1.54) is 43.7 Å². The van der Waals surface area contributed by atoms with Crippen LogP contribution in [0, 0.1) is 0 Å². The number of hydrogen-bond acceptors (Lipinski definition) is 7. The van der Waals surface area contributed by atoms with E-state index in [4.69, 9.17) is 14.2 Å². The maximum Gasteiger partial charge on any atom is 0.213 e. The molecule has 4 fully saturated rings. The maximum absolute atomic E-state index is 6.39. The topological polar surface area (TPSA) is 50.3 Å². The second-order valence-electron chi connectivity index (χ2n) is 10.9. The molecule has 194 valence electrons. The van der Waals surface area contributed by atoms with E-state index in [-0.39, 0.29) is 5.60 Å². The van der Waals surface area contributed by atoms with Crippen LogP contribution in [0.2, 0.25) is 0 Å². The summed E-state index contributed by atoms with van der Waals surface area (Å²) in [6.07, 6.45) is 10.7. The molecule has 6 rings (SSSR count). The Morgan fingerprint density at radius 3 is 2.25 bits per heavy atom. The van der Waals surface area contributed by atoms with E-state index in [1.807, 2.05) is 18.3 Å². The highest BCUT2D eigenvalue weighted by atomic mass is 16.5. The van der Waals surface area contributed by atoms with Crippen LogP contribution in [0.1, 0.15) is 44.9 Å². The first-order valence-electron chi connectivity index (χ1n) is 13.8. The summed E-state index contributed by atoms with van der Waals surface area (Å²) in [5.41, 5.74) is 2.36. The summed E-state index contributed by atoms with van der Waals surface area (Å²) in [5.74, 6) is 1.66. The molecule has 1 aliphatic carbocycles. The number of piperidine rings is 2. The van der Waals surface area contributed by atoms with Gasteiger partial charge in [0.1, 0.15) is 11.9 Å². The second-order valence-corrected chi connectivity index (χ2v) is 10.9. The standard InChI is InChI=1S/C29H40N4O3/c1-34-26-8-5-24(6-9-26)33-19-20-35-29(22-33)13-17-32(18-14-29)25-7-10-28(30-21-25)36-27-11-15-31(16-12-27)23-3-2-4-23/h5-10,21,23,27H,2-4,11-20,22H2,1H3. The van der Waals surface area contributed by atoms with E-state index in [0.29, 0.717) is 6.10 Å². The number of ether oxygens (including phenoxy) is 3. The Morgan fingerprint density at radius 1 is 0.861 bits per heavy atom. The molecular weight excluding hydrogens is 452 g/mol. The minimum absolute atomic E-state index is 0.0699. The van der Waals surface area contributed by atoms with Gasteiger partial charge in [-0.25, -0.2) is 4.98 Å². The smallest absolute Gasteiger partial charge is 0.213 e. The SMILES string of the molecule is COc1ccc(N2CCOC3(CCN(c4ccc(OC5CCN(C6CCC6)CC5)nc4)CC3)C2)cc1. The van der Waals surface area contributed by atoms with Crippen molar-refractivity contribution in [1.29, 1.82) is 0 Å². The summed E-state index contributed by atoms with van der Waals surface area (Å²) in [6.45, 7) is 6.96. The lowest BCUT2D eigenvalue weighted by atomic mass is 9.89. The molecule has 1 aromatic heterocycles. The molecule has 4 heterocycles. The predicted octanol–water partition coefficient (Wildman–Crippen LogP) is 4.36. The first-order chi connectivity index (χ1) is 17.7. The Bertz CT molecular complexity index is 979. The molecule has 0 atom stereocenters. The van der Waals surface area contributed by atoms with Gasteiger partial charge in [-0.15, -0.1) is 0 Å². The average Bonchev–Trinajstić information content (AvgIpc) is 2.90. The van der Waals surface area contributed by atoms with Gasteiger partial charge in [0.25, 0.3) is 0 Å². The lowest BCUT2D eigenvalue weighted by molar-refractivity contribution is -0.0704. The molecule has 4 aliphatic rings. The Morgan fingerprint density at radius 2 is 1.61 bits per heavy atom. The van der Waals surface area contributed by atoms with Crippen LogP contribution in [0.4, 0.5) is 11.4 Å². The van der Waals surface area contributed by atoms with E-state index in [1.54, 1.807) is 7.11 Å². The molecule has 0 unspecified atom stereocenters. The van der Waals surface area contributed by atoms with E-state index in [0.717, 1.165) is 76.1 Å². The summed E-state index contributed by atoms with van der Waals surface area (Å²) in [5, 5.41) is 0. The third-order valence-electron chi connectivity index (χ3n) is 8.80. The van der Waals surface area contributed by atoms with Gasteiger partial charge >= 0.3 is 0 Å². The zero-order valence-corrected chi connectivity index (χ0v) is 21.6. The van der Waals surface area contributed by atoms with Gasteiger partial charge in [0.15, 0.2) is 0 Å². The third kappa shape index (κ3) is 5.14. The molecule has 7 heteroatoms. The number of rotatable bonds is 6. The van der Waals surface area contributed by atoms with Crippen LogP contribution in [-0.4, -0.2) is 80.6 Å². The van der Waals surface area contributed by atoms with Crippen LogP contribution in [0.25, 0.3) is 0 Å². The number of benzene rings is 1. The second kappa shape index (κ2) is 10.5. The number of pyridine rings is 1. The maximum atomic E-state index is 6.39. The molecule has 1 aromatic carbocycles. The van der Waals surface area contributed by atoms with Crippen molar-refractivity contribution in [1.82, 2.24) is 9.88 Å². The van der Waals surface area contributed by atoms with Gasteiger partial charge in [-0.05, 0) is 68.9 Å². The van der Waals surface area contributed by atoms with Crippen molar-refractivity contribution in [3.63, 3.8) is 0 Å². The van der Waals surface area contributed by atoms with Crippen LogP contribution in [0.5, 0.6) is 11.6 Å². The molecule has 0 amide bonds. The van der Waals surface area contributed by atoms with Crippen molar-refractivity contribution < 1.29 is 14.2 Å². The van der Waals surface area contributed by atoms with Crippen LogP contribution < -0.4 is 19.3 Å². The fraction of sp³-hybridized carbons (Fsp3) is 0.621. The Balaban J connectivity index is 0.997. The summed E-state index contributed by atoms with van der Waals surface area (Å²) >= 11 is 0. The molecule has 3 saturated heterocycles. The van der Waals surface area contributed by atoms with Crippen LogP contribution in [-0.2, 0) is 4.74 Å². The van der Waals surface area contributed by atoms with Crippen molar-refractivity contribution in [2.45, 2.75) is 62.7 Å². The highest BCUT2D eigenvalue weighted by molar-refractivity contribution is 5.50. The monoisotopic (exact) mass is 492 g/mol. The zero-order valence-electron chi connectivity index (χ0n) is 21.6. The summed E-state index contributed by atoms with van der Waals surface area (Å²) < 4.78 is 18.0. The van der Waals surface area contributed by atoms with Gasteiger partial charge in [-0.3, -0.25) is 0 Å². The zero-order chi connectivity index (χ0) is 24.4. The normalized spacial score (nSPS) is 23.5. The largest absolute Gasteiger partial charge is 0.497 e. The number of morpholine rings is 1. The van der Waals surface area contributed by atoms with Gasteiger partial charge < -0.3 is 28.9 Å². The number of likely N-dealkylation sites (tertiary alicyclic amines) is 1. The number of nitrogens with zero attached hydrogens (tertiary/aromatic N) is 4. The fourth-order valence-electron chi connectivity index (χ4n) is 6.24. The number of methoxy groups -OCH3 is 1. The molecule has 36 heavy (non-hydrogen) atoms. The Labute approximate surface area is 215 Å². The fourth-order valence-corrected chi connectivity index (χ4v) is 6.24. The molecule has 3 aliphatic heterocycles. The average molecular weight is 493 g/mol.